The first-order valence-corrected chi connectivity index (χ1v) is 12.8. The van der Waals surface area contributed by atoms with Gasteiger partial charge in [-0.25, -0.2) is 0 Å². The molecule has 10 heteroatoms. The summed E-state index contributed by atoms with van der Waals surface area (Å²) in [5, 5.41) is 24.6. The molecule has 3 N–H and O–H groups in total. The van der Waals surface area contributed by atoms with Crippen molar-refractivity contribution in [3.05, 3.63) is 112 Å². The predicted molar refractivity (Wildman–Crippen MR) is 151 cm³/mol. The Balaban J connectivity index is 1.22. The van der Waals surface area contributed by atoms with E-state index in [9.17, 15) is 14.7 Å². The Morgan fingerprint density at radius 1 is 0.737 bits per heavy atom. The molecule has 188 valence electrons. The van der Waals surface area contributed by atoms with Crippen molar-refractivity contribution in [1.82, 2.24) is 10.2 Å². The summed E-state index contributed by atoms with van der Waals surface area (Å²) in [5.74, 6) is -0.895. The number of carbonyl (C=O) groups is 2. The number of aromatic nitrogens is 2. The molecule has 0 saturated heterocycles. The summed E-state index contributed by atoms with van der Waals surface area (Å²) in [6.45, 7) is 0. The van der Waals surface area contributed by atoms with Crippen LogP contribution in [0, 0.1) is 0 Å². The Bertz CT molecular complexity index is 1620. The molecule has 0 radical (unpaired) electrons. The highest BCUT2D eigenvalue weighted by molar-refractivity contribution is 7.18. The largest absolute Gasteiger partial charge is 0.506 e. The van der Waals surface area contributed by atoms with Gasteiger partial charge in [-0.3, -0.25) is 14.9 Å². The number of hydrogen-bond donors (Lipinski definition) is 3. The van der Waals surface area contributed by atoms with Crippen LogP contribution in [-0.2, 0) is 0 Å². The molecule has 0 bridgehead atoms. The Morgan fingerprint density at radius 3 is 2.00 bits per heavy atom. The van der Waals surface area contributed by atoms with Gasteiger partial charge in [-0.1, -0.05) is 77.0 Å². The third-order valence-corrected chi connectivity index (χ3v) is 6.94. The molecule has 0 aliphatic rings. The van der Waals surface area contributed by atoms with Crippen molar-refractivity contribution >= 4 is 57.2 Å². The van der Waals surface area contributed by atoms with E-state index in [0.717, 1.165) is 22.5 Å². The first-order valence-electron chi connectivity index (χ1n) is 11.3. The highest BCUT2D eigenvalue weighted by Crippen LogP contribution is 2.39. The SMILES string of the molecule is O=C(Nc1ccc(-c2ccccc2)cc1)c1ccc(C(=O)Nc2nnc(-c3cc(Cl)cc(Cl)c3O)s2)cc1. The van der Waals surface area contributed by atoms with Gasteiger partial charge in [0.05, 0.1) is 10.6 Å². The van der Waals surface area contributed by atoms with Crippen LogP contribution in [-0.4, -0.2) is 27.1 Å². The van der Waals surface area contributed by atoms with Gasteiger partial charge in [0.2, 0.25) is 5.13 Å². The predicted octanol–water partition coefficient (Wildman–Crippen LogP) is 7.39. The molecule has 38 heavy (non-hydrogen) atoms. The van der Waals surface area contributed by atoms with Gasteiger partial charge in [0, 0.05) is 21.8 Å². The van der Waals surface area contributed by atoms with E-state index < -0.39 is 5.91 Å². The minimum absolute atomic E-state index is 0.0848. The average Bonchev–Trinajstić information content (AvgIpc) is 3.40. The van der Waals surface area contributed by atoms with Gasteiger partial charge >= 0.3 is 0 Å². The number of carbonyl (C=O) groups excluding carboxylic acids is 2. The molecule has 0 fully saturated rings. The lowest BCUT2D eigenvalue weighted by Crippen LogP contribution is -2.14. The number of benzene rings is 4. The molecule has 0 atom stereocenters. The third kappa shape index (κ3) is 5.68. The number of halogens is 2. The summed E-state index contributed by atoms with van der Waals surface area (Å²) in [6, 6.07) is 26.7. The van der Waals surface area contributed by atoms with Crippen LogP contribution in [0.4, 0.5) is 10.8 Å². The summed E-state index contributed by atoms with van der Waals surface area (Å²) in [6.07, 6.45) is 0. The normalized spacial score (nSPS) is 10.7. The van der Waals surface area contributed by atoms with E-state index in [2.05, 4.69) is 20.8 Å². The van der Waals surface area contributed by atoms with Crippen LogP contribution in [0.5, 0.6) is 5.75 Å². The van der Waals surface area contributed by atoms with E-state index in [1.54, 1.807) is 24.3 Å². The van der Waals surface area contributed by atoms with Crippen molar-refractivity contribution in [1.29, 1.82) is 0 Å². The average molecular weight is 561 g/mol. The topological polar surface area (TPSA) is 104 Å². The summed E-state index contributed by atoms with van der Waals surface area (Å²) >= 11 is 13.0. The summed E-state index contributed by atoms with van der Waals surface area (Å²) in [4.78, 5) is 25.4. The van der Waals surface area contributed by atoms with E-state index in [1.165, 1.54) is 12.1 Å². The first kappa shape index (κ1) is 25.4. The minimum atomic E-state index is -0.426. The molecule has 5 aromatic rings. The van der Waals surface area contributed by atoms with Crippen molar-refractivity contribution in [2.24, 2.45) is 0 Å². The molecule has 0 aliphatic carbocycles. The second kappa shape index (κ2) is 11.0. The van der Waals surface area contributed by atoms with Crippen LogP contribution < -0.4 is 10.6 Å². The fraction of sp³-hybridized carbons (Fsp3) is 0. The Hall–Kier alpha value is -4.24. The van der Waals surface area contributed by atoms with Crippen molar-refractivity contribution in [3.8, 4) is 27.4 Å². The molecule has 1 heterocycles. The highest BCUT2D eigenvalue weighted by Gasteiger charge is 2.17. The molecule has 2 amide bonds. The van der Waals surface area contributed by atoms with Gasteiger partial charge in [-0.05, 0) is 59.7 Å². The van der Waals surface area contributed by atoms with E-state index in [-0.39, 0.29) is 21.8 Å². The highest BCUT2D eigenvalue weighted by atomic mass is 35.5. The molecule has 4 aromatic carbocycles. The maximum Gasteiger partial charge on any atom is 0.257 e. The van der Waals surface area contributed by atoms with Crippen molar-refractivity contribution < 1.29 is 14.7 Å². The molecule has 0 aliphatic heterocycles. The number of anilines is 2. The van der Waals surface area contributed by atoms with Crippen LogP contribution in [0.2, 0.25) is 10.0 Å². The van der Waals surface area contributed by atoms with Crippen LogP contribution in [0.15, 0.2) is 91.0 Å². The monoisotopic (exact) mass is 560 g/mol. The number of hydrogen-bond acceptors (Lipinski definition) is 6. The fourth-order valence-electron chi connectivity index (χ4n) is 3.63. The number of nitrogens with zero attached hydrogens (tertiary/aromatic N) is 2. The van der Waals surface area contributed by atoms with E-state index in [1.807, 2.05) is 54.6 Å². The Labute approximate surface area is 231 Å². The summed E-state index contributed by atoms with van der Waals surface area (Å²) in [7, 11) is 0. The van der Waals surface area contributed by atoms with Crippen molar-refractivity contribution in [2.75, 3.05) is 10.6 Å². The number of aromatic hydroxyl groups is 1. The van der Waals surface area contributed by atoms with Gasteiger partial charge in [-0.15, -0.1) is 10.2 Å². The van der Waals surface area contributed by atoms with E-state index in [0.29, 0.717) is 32.4 Å². The Kier molecular flexibility index (Phi) is 7.37. The van der Waals surface area contributed by atoms with Crippen LogP contribution in [0.1, 0.15) is 20.7 Å². The first-order chi connectivity index (χ1) is 18.4. The number of phenolic OH excluding ortho intramolecular Hbond substituents is 1. The maximum absolute atomic E-state index is 12.7. The Morgan fingerprint density at radius 2 is 1.34 bits per heavy atom. The zero-order valence-electron chi connectivity index (χ0n) is 19.5. The van der Waals surface area contributed by atoms with Crippen molar-refractivity contribution in [2.45, 2.75) is 0 Å². The molecule has 0 saturated carbocycles. The van der Waals surface area contributed by atoms with Crippen molar-refractivity contribution in [3.63, 3.8) is 0 Å². The van der Waals surface area contributed by atoms with E-state index >= 15 is 0 Å². The van der Waals surface area contributed by atoms with E-state index in [4.69, 9.17) is 23.2 Å². The smallest absolute Gasteiger partial charge is 0.257 e. The molecule has 7 nitrogen and oxygen atoms in total. The quantitative estimate of drug-likeness (QED) is 0.201. The molecule has 0 unspecified atom stereocenters. The number of rotatable bonds is 6. The summed E-state index contributed by atoms with van der Waals surface area (Å²) in [5.41, 5.74) is 3.85. The van der Waals surface area contributed by atoms with Gasteiger partial charge in [0.1, 0.15) is 5.75 Å². The summed E-state index contributed by atoms with van der Waals surface area (Å²) < 4.78 is 0. The molecule has 1 aromatic heterocycles. The number of nitrogens with one attached hydrogen (secondary N) is 2. The molecule has 0 spiro atoms. The van der Waals surface area contributed by atoms with Gasteiger partial charge in [0.25, 0.3) is 11.8 Å². The van der Waals surface area contributed by atoms with Gasteiger partial charge in [-0.2, -0.15) is 0 Å². The van der Waals surface area contributed by atoms with Gasteiger partial charge in [0.15, 0.2) is 5.01 Å². The zero-order chi connectivity index (χ0) is 26.6. The lowest BCUT2D eigenvalue weighted by atomic mass is 10.1. The molecular formula is C28H18Cl2N4O3S. The minimum Gasteiger partial charge on any atom is -0.506 e. The lowest BCUT2D eigenvalue weighted by Gasteiger charge is -2.08. The lowest BCUT2D eigenvalue weighted by molar-refractivity contribution is 0.101. The van der Waals surface area contributed by atoms with Crippen LogP contribution in [0.25, 0.3) is 21.7 Å². The zero-order valence-corrected chi connectivity index (χ0v) is 21.8. The second-order valence-corrected chi connectivity index (χ2v) is 9.95. The second-order valence-electron chi connectivity index (χ2n) is 8.13. The fourth-order valence-corrected chi connectivity index (χ4v) is 4.88. The number of phenols is 1. The van der Waals surface area contributed by atoms with Crippen LogP contribution in [0.3, 0.4) is 0 Å². The maximum atomic E-state index is 12.7. The molecule has 5 rings (SSSR count). The van der Waals surface area contributed by atoms with Crippen LogP contribution >= 0.6 is 34.5 Å². The third-order valence-electron chi connectivity index (χ3n) is 5.56. The van der Waals surface area contributed by atoms with Gasteiger partial charge < -0.3 is 10.4 Å². The number of amides is 2. The standard InChI is InChI=1S/C28H18Cl2N4O3S/c29-20-14-22(24(35)23(30)15-20)27-33-34-28(38-27)32-26(37)19-8-6-18(7-9-19)25(36)31-21-12-10-17(11-13-21)16-4-2-1-3-5-16/h1-15,35H,(H,31,36)(H,32,34,37). The molecular weight excluding hydrogens is 543 g/mol.